The van der Waals surface area contributed by atoms with Crippen LogP contribution in [0.3, 0.4) is 0 Å². The predicted molar refractivity (Wildman–Crippen MR) is 79.0 cm³/mol. The van der Waals surface area contributed by atoms with Crippen LogP contribution in [0.5, 0.6) is 0 Å². The second-order valence-electron chi connectivity index (χ2n) is 4.76. The summed E-state index contributed by atoms with van der Waals surface area (Å²) in [5.74, 6) is 0. The maximum absolute atomic E-state index is 12.0. The van der Waals surface area contributed by atoms with E-state index in [0.29, 0.717) is 6.54 Å². The van der Waals surface area contributed by atoms with Crippen molar-refractivity contribution >= 4 is 5.69 Å². The van der Waals surface area contributed by atoms with E-state index in [9.17, 15) is 4.79 Å². The van der Waals surface area contributed by atoms with Crippen LogP contribution in [0, 0.1) is 6.92 Å². The Morgan fingerprint density at radius 2 is 2.05 bits per heavy atom. The van der Waals surface area contributed by atoms with Crippen LogP contribution in [0.25, 0.3) is 0 Å². The summed E-state index contributed by atoms with van der Waals surface area (Å²) >= 11 is 0. The average Bonchev–Trinajstić information content (AvgIpc) is 2.79. The highest BCUT2D eigenvalue weighted by atomic mass is 16.1. The molecule has 2 aromatic rings. The van der Waals surface area contributed by atoms with Gasteiger partial charge in [0.1, 0.15) is 0 Å². The number of hydrogen-bond donors (Lipinski definition) is 1. The van der Waals surface area contributed by atoms with Crippen LogP contribution < -0.4 is 10.9 Å². The highest BCUT2D eigenvalue weighted by Gasteiger charge is 2.07. The monoisotopic (exact) mass is 275 g/mol. The predicted octanol–water partition coefficient (Wildman–Crippen LogP) is 1.64. The Balaban J connectivity index is 2.19. The Morgan fingerprint density at radius 3 is 2.70 bits per heavy atom. The van der Waals surface area contributed by atoms with E-state index in [1.54, 1.807) is 12.3 Å². The zero-order chi connectivity index (χ0) is 14.5. The van der Waals surface area contributed by atoms with Gasteiger partial charge in [-0.25, -0.2) is 4.68 Å². The van der Waals surface area contributed by atoms with E-state index in [2.05, 4.69) is 22.4 Å². The first-order valence-corrected chi connectivity index (χ1v) is 6.98. The first-order chi connectivity index (χ1) is 9.63. The zero-order valence-electron chi connectivity index (χ0n) is 12.3. The molecule has 0 saturated carbocycles. The number of aryl methyl sites for hydroxylation is 2. The third-order valence-corrected chi connectivity index (χ3v) is 3.05. The maximum atomic E-state index is 12.0. The van der Waals surface area contributed by atoms with Crippen molar-refractivity contribution in [2.24, 2.45) is 0 Å². The maximum Gasteiger partial charge on any atom is 0.269 e. The number of anilines is 1. The molecule has 1 N–H and O–H groups in total. The van der Waals surface area contributed by atoms with Crippen LogP contribution in [0.4, 0.5) is 5.69 Å². The Kier molecular flexibility index (Phi) is 4.55. The van der Waals surface area contributed by atoms with Crippen molar-refractivity contribution in [2.75, 3.05) is 11.9 Å². The summed E-state index contributed by atoms with van der Waals surface area (Å²) in [4.78, 5) is 12.0. The minimum Gasteiger partial charge on any atom is -0.384 e. The molecule has 0 spiro atoms. The zero-order valence-corrected chi connectivity index (χ0v) is 12.3. The van der Waals surface area contributed by atoms with Gasteiger partial charge in [-0.1, -0.05) is 6.92 Å². The van der Waals surface area contributed by atoms with Gasteiger partial charge in [0.2, 0.25) is 0 Å². The topological polar surface area (TPSA) is 64.7 Å². The van der Waals surface area contributed by atoms with E-state index in [1.165, 1.54) is 4.68 Å². The minimum atomic E-state index is -0.104. The highest BCUT2D eigenvalue weighted by Crippen LogP contribution is 2.06. The van der Waals surface area contributed by atoms with Crippen LogP contribution in [-0.4, -0.2) is 26.1 Å². The highest BCUT2D eigenvalue weighted by molar-refractivity contribution is 5.38. The van der Waals surface area contributed by atoms with Crippen molar-refractivity contribution in [3.05, 3.63) is 40.1 Å². The summed E-state index contributed by atoms with van der Waals surface area (Å²) in [5, 5.41) is 11.7. The van der Waals surface area contributed by atoms with Crippen molar-refractivity contribution in [3.8, 4) is 0 Å². The molecule has 0 unspecified atom stereocenters. The summed E-state index contributed by atoms with van der Waals surface area (Å²) in [6.45, 7) is 8.13. The number of nitrogens with one attached hydrogen (secondary N) is 1. The third-order valence-electron chi connectivity index (χ3n) is 3.05. The summed E-state index contributed by atoms with van der Waals surface area (Å²) in [5.41, 5.74) is 2.62. The first-order valence-electron chi connectivity index (χ1n) is 6.98. The van der Waals surface area contributed by atoms with Crippen LogP contribution in [0.2, 0.25) is 0 Å². The van der Waals surface area contributed by atoms with Crippen LogP contribution in [0.15, 0.2) is 23.1 Å². The van der Waals surface area contributed by atoms with E-state index < -0.39 is 0 Å². The van der Waals surface area contributed by atoms with Gasteiger partial charge in [0.15, 0.2) is 0 Å². The molecule has 0 bridgehead atoms. The second-order valence-corrected chi connectivity index (χ2v) is 4.76. The van der Waals surface area contributed by atoms with Crippen LogP contribution in [0.1, 0.15) is 31.7 Å². The van der Waals surface area contributed by atoms with Crippen LogP contribution >= 0.6 is 0 Å². The molecule has 0 aliphatic heterocycles. The molecule has 6 heteroatoms. The van der Waals surface area contributed by atoms with Crippen molar-refractivity contribution in [1.29, 1.82) is 0 Å². The van der Waals surface area contributed by atoms with Gasteiger partial charge < -0.3 is 5.32 Å². The number of nitrogens with zero attached hydrogens (tertiary/aromatic N) is 4. The van der Waals surface area contributed by atoms with E-state index in [0.717, 1.165) is 36.6 Å². The van der Waals surface area contributed by atoms with Crippen molar-refractivity contribution in [3.63, 3.8) is 0 Å². The summed E-state index contributed by atoms with van der Waals surface area (Å²) in [6.07, 6.45) is 2.70. The number of hydrogen-bond acceptors (Lipinski definition) is 4. The summed E-state index contributed by atoms with van der Waals surface area (Å²) in [7, 11) is 0. The lowest BCUT2D eigenvalue weighted by Gasteiger charge is -2.08. The molecule has 0 aliphatic rings. The molecule has 20 heavy (non-hydrogen) atoms. The second kappa shape index (κ2) is 6.36. The van der Waals surface area contributed by atoms with E-state index in [1.807, 2.05) is 24.6 Å². The molecule has 0 radical (unpaired) electrons. The van der Waals surface area contributed by atoms with Crippen LogP contribution in [-0.2, 0) is 13.1 Å². The van der Waals surface area contributed by atoms with Gasteiger partial charge in [-0.2, -0.15) is 10.2 Å². The Hall–Kier alpha value is -2.11. The molecule has 108 valence electrons. The molecular weight excluding hydrogens is 254 g/mol. The molecule has 2 aromatic heterocycles. The van der Waals surface area contributed by atoms with Gasteiger partial charge in [-0.3, -0.25) is 9.48 Å². The summed E-state index contributed by atoms with van der Waals surface area (Å²) < 4.78 is 3.35. The fourth-order valence-corrected chi connectivity index (χ4v) is 2.07. The Morgan fingerprint density at radius 1 is 1.25 bits per heavy atom. The number of rotatable bonds is 6. The normalized spacial score (nSPS) is 10.8. The molecule has 0 amide bonds. The number of aromatic nitrogens is 4. The standard InChI is InChI=1S/C14H21N5O/c1-4-6-15-12-8-14(20)19(16-9-12)10-13-7-11(3)17-18(13)5-2/h7-9,15H,4-6,10H2,1-3H3. The fourth-order valence-electron chi connectivity index (χ4n) is 2.07. The SMILES string of the molecule is CCCNc1cnn(Cc2cc(C)nn2CC)c(=O)c1. The van der Waals surface area contributed by atoms with Crippen molar-refractivity contribution in [2.45, 2.75) is 40.3 Å². The van der Waals surface area contributed by atoms with Gasteiger partial charge in [0.25, 0.3) is 5.56 Å². The van der Waals surface area contributed by atoms with E-state index in [-0.39, 0.29) is 5.56 Å². The van der Waals surface area contributed by atoms with Gasteiger partial charge >= 0.3 is 0 Å². The van der Waals surface area contributed by atoms with Crippen molar-refractivity contribution < 1.29 is 0 Å². The lowest BCUT2D eigenvalue weighted by Crippen LogP contribution is -2.24. The molecule has 0 aromatic carbocycles. The van der Waals surface area contributed by atoms with Crippen molar-refractivity contribution in [1.82, 2.24) is 19.6 Å². The fraction of sp³-hybridized carbons (Fsp3) is 0.500. The molecule has 0 aliphatic carbocycles. The van der Waals surface area contributed by atoms with Gasteiger partial charge in [0.05, 0.1) is 29.8 Å². The van der Waals surface area contributed by atoms with Gasteiger partial charge in [-0.05, 0) is 26.3 Å². The van der Waals surface area contributed by atoms with Gasteiger partial charge in [-0.15, -0.1) is 0 Å². The lowest BCUT2D eigenvalue weighted by molar-refractivity contribution is 0.559. The molecule has 0 fully saturated rings. The Bertz CT molecular complexity index is 629. The largest absolute Gasteiger partial charge is 0.384 e. The molecule has 0 atom stereocenters. The van der Waals surface area contributed by atoms with E-state index in [4.69, 9.17) is 0 Å². The molecule has 0 saturated heterocycles. The molecule has 6 nitrogen and oxygen atoms in total. The molecular formula is C14H21N5O. The van der Waals surface area contributed by atoms with Gasteiger partial charge in [0, 0.05) is 19.2 Å². The third kappa shape index (κ3) is 3.26. The lowest BCUT2D eigenvalue weighted by atomic mass is 10.3. The first kappa shape index (κ1) is 14.3. The Labute approximate surface area is 118 Å². The quantitative estimate of drug-likeness (QED) is 0.870. The molecule has 2 rings (SSSR count). The summed E-state index contributed by atoms with van der Waals surface area (Å²) in [6, 6.07) is 3.57. The minimum absolute atomic E-state index is 0.104. The molecule has 2 heterocycles. The average molecular weight is 275 g/mol. The smallest absolute Gasteiger partial charge is 0.269 e. The van der Waals surface area contributed by atoms with E-state index >= 15 is 0 Å².